The molecule has 3 rings (SSSR count). The fraction of sp³-hybridized carbons (Fsp3) is 0.364. The molecule has 1 aromatic heterocycles. The number of rotatable bonds is 5. The fourth-order valence-electron chi connectivity index (χ4n) is 3.36. The molecule has 26 heavy (non-hydrogen) atoms. The van der Waals surface area contributed by atoms with E-state index in [1.165, 1.54) is 11.6 Å². The molecule has 2 nitrogen and oxygen atoms in total. The molecular weight excluding hydrogens is 330 g/mol. The third-order valence-corrected chi connectivity index (χ3v) is 4.85. The van der Waals surface area contributed by atoms with E-state index < -0.39 is 11.6 Å². The highest BCUT2D eigenvalue weighted by atomic mass is 19.1. The number of hydrogen-bond acceptors (Lipinski definition) is 1. The summed E-state index contributed by atoms with van der Waals surface area (Å²) < 4.78 is 28.1. The maximum absolute atomic E-state index is 14.3. The Morgan fingerprint density at radius 2 is 1.69 bits per heavy atom. The zero-order chi connectivity index (χ0) is 18.9. The molecule has 0 aliphatic heterocycles. The largest absolute Gasteiger partial charge is 0.352 e. The lowest BCUT2D eigenvalue weighted by atomic mass is 9.86. The standard InChI is InChI=1S/C22H26F2N2/c1-22(2,3)15-9-7-14(8-10-15)20-17(6-4-5-11-25)18-12-16(23)13-19(24)21(18)26-20/h7-10,12-13,26H,4-6,11,25H2,1-3H3. The number of benzene rings is 2. The number of H-pyrrole nitrogens is 1. The van der Waals surface area contributed by atoms with E-state index >= 15 is 0 Å². The molecule has 0 fully saturated rings. The maximum Gasteiger partial charge on any atom is 0.150 e. The minimum absolute atomic E-state index is 0.0676. The van der Waals surface area contributed by atoms with Gasteiger partial charge >= 0.3 is 0 Å². The van der Waals surface area contributed by atoms with Gasteiger partial charge in [0.1, 0.15) is 11.6 Å². The van der Waals surface area contributed by atoms with Gasteiger partial charge in [-0.05, 0) is 54.0 Å². The van der Waals surface area contributed by atoms with Crippen LogP contribution < -0.4 is 5.73 Å². The predicted molar refractivity (Wildman–Crippen MR) is 104 cm³/mol. The first kappa shape index (κ1) is 18.6. The van der Waals surface area contributed by atoms with Crippen molar-refractivity contribution in [3.8, 4) is 11.3 Å². The zero-order valence-corrected chi connectivity index (χ0v) is 15.6. The summed E-state index contributed by atoms with van der Waals surface area (Å²) in [4.78, 5) is 3.19. The van der Waals surface area contributed by atoms with Crippen molar-refractivity contribution in [3.63, 3.8) is 0 Å². The van der Waals surface area contributed by atoms with Gasteiger partial charge in [0.2, 0.25) is 0 Å². The quantitative estimate of drug-likeness (QED) is 0.566. The topological polar surface area (TPSA) is 41.8 Å². The number of halogens is 2. The SMILES string of the molecule is CC(C)(C)c1ccc(-c2[nH]c3c(F)cc(F)cc3c2CCCCN)cc1. The number of nitrogens with one attached hydrogen (secondary N) is 1. The predicted octanol–water partition coefficient (Wildman–Crippen LogP) is 5.69. The molecule has 0 bridgehead atoms. The van der Waals surface area contributed by atoms with Crippen molar-refractivity contribution in [1.29, 1.82) is 0 Å². The smallest absolute Gasteiger partial charge is 0.150 e. The number of unbranched alkanes of at least 4 members (excludes halogenated alkanes) is 1. The van der Waals surface area contributed by atoms with Crippen LogP contribution in [0.2, 0.25) is 0 Å². The summed E-state index contributed by atoms with van der Waals surface area (Å²) >= 11 is 0. The van der Waals surface area contributed by atoms with Gasteiger partial charge in [-0.1, -0.05) is 45.0 Å². The highest BCUT2D eigenvalue weighted by Gasteiger charge is 2.18. The van der Waals surface area contributed by atoms with Gasteiger partial charge in [0.05, 0.1) is 5.52 Å². The Hall–Kier alpha value is -2.20. The molecule has 3 aromatic rings. The lowest BCUT2D eigenvalue weighted by Gasteiger charge is -2.19. The van der Waals surface area contributed by atoms with Crippen LogP contribution in [-0.4, -0.2) is 11.5 Å². The van der Waals surface area contributed by atoms with Crippen molar-refractivity contribution in [2.75, 3.05) is 6.54 Å². The van der Waals surface area contributed by atoms with Gasteiger partial charge in [-0.15, -0.1) is 0 Å². The Balaban J connectivity index is 2.11. The molecule has 2 aromatic carbocycles. The van der Waals surface area contributed by atoms with Gasteiger partial charge in [-0.2, -0.15) is 0 Å². The van der Waals surface area contributed by atoms with Crippen LogP contribution in [0.1, 0.15) is 44.7 Å². The Labute approximate surface area is 153 Å². The molecule has 0 aliphatic rings. The second-order valence-electron chi connectivity index (χ2n) is 7.86. The fourth-order valence-corrected chi connectivity index (χ4v) is 3.36. The van der Waals surface area contributed by atoms with Crippen molar-refractivity contribution in [1.82, 2.24) is 4.98 Å². The maximum atomic E-state index is 14.3. The molecule has 0 radical (unpaired) electrons. The summed E-state index contributed by atoms with van der Waals surface area (Å²) in [7, 11) is 0. The Morgan fingerprint density at radius 1 is 1.00 bits per heavy atom. The number of aromatic amines is 1. The van der Waals surface area contributed by atoms with E-state index in [1.54, 1.807) is 0 Å². The first-order valence-corrected chi connectivity index (χ1v) is 9.12. The minimum atomic E-state index is -0.558. The number of aromatic nitrogens is 1. The first-order chi connectivity index (χ1) is 12.3. The lowest BCUT2D eigenvalue weighted by molar-refractivity contribution is 0.590. The normalized spacial score (nSPS) is 12.1. The van der Waals surface area contributed by atoms with Crippen molar-refractivity contribution < 1.29 is 8.78 Å². The van der Waals surface area contributed by atoms with Gasteiger partial charge in [-0.25, -0.2) is 8.78 Å². The van der Waals surface area contributed by atoms with Crippen LogP contribution in [0, 0.1) is 11.6 Å². The molecule has 1 heterocycles. The van der Waals surface area contributed by atoms with E-state index in [9.17, 15) is 8.78 Å². The van der Waals surface area contributed by atoms with E-state index in [-0.39, 0.29) is 5.41 Å². The van der Waals surface area contributed by atoms with Crippen LogP contribution in [0.3, 0.4) is 0 Å². The summed E-state index contributed by atoms with van der Waals surface area (Å²) in [5.41, 5.74) is 10.1. The molecule has 0 saturated carbocycles. The first-order valence-electron chi connectivity index (χ1n) is 9.12. The molecule has 0 aliphatic carbocycles. The monoisotopic (exact) mass is 356 g/mol. The van der Waals surface area contributed by atoms with E-state index in [1.807, 2.05) is 12.1 Å². The average molecular weight is 356 g/mol. The second kappa shape index (κ2) is 7.20. The Kier molecular flexibility index (Phi) is 5.15. The van der Waals surface area contributed by atoms with E-state index in [0.717, 1.165) is 42.1 Å². The van der Waals surface area contributed by atoms with E-state index in [0.29, 0.717) is 17.4 Å². The van der Waals surface area contributed by atoms with E-state index in [2.05, 4.69) is 37.9 Å². The third-order valence-electron chi connectivity index (χ3n) is 4.85. The number of hydrogen-bond donors (Lipinski definition) is 2. The second-order valence-corrected chi connectivity index (χ2v) is 7.86. The van der Waals surface area contributed by atoms with Gasteiger partial charge in [0.25, 0.3) is 0 Å². The number of nitrogens with two attached hydrogens (primary N) is 1. The number of fused-ring (bicyclic) bond motifs is 1. The summed E-state index contributed by atoms with van der Waals surface area (Å²) in [5, 5.41) is 0.620. The van der Waals surface area contributed by atoms with Gasteiger partial charge in [0.15, 0.2) is 0 Å². The molecule has 0 spiro atoms. The summed E-state index contributed by atoms with van der Waals surface area (Å²) in [6.07, 6.45) is 2.50. The van der Waals surface area contributed by atoms with E-state index in [4.69, 9.17) is 5.73 Å². The lowest BCUT2D eigenvalue weighted by Crippen LogP contribution is -2.10. The van der Waals surface area contributed by atoms with Crippen molar-refractivity contribution >= 4 is 10.9 Å². The molecule has 138 valence electrons. The molecule has 0 saturated heterocycles. The molecule has 0 unspecified atom stereocenters. The summed E-state index contributed by atoms with van der Waals surface area (Å²) in [6, 6.07) is 10.6. The molecule has 3 N–H and O–H groups in total. The summed E-state index contributed by atoms with van der Waals surface area (Å²) in [5.74, 6) is -1.11. The van der Waals surface area contributed by atoms with Crippen molar-refractivity contribution in [2.45, 2.75) is 45.4 Å². The molecule has 0 atom stereocenters. The third kappa shape index (κ3) is 3.65. The van der Waals surface area contributed by atoms with Gasteiger partial charge < -0.3 is 10.7 Å². The molecular formula is C22H26F2N2. The highest BCUT2D eigenvalue weighted by molar-refractivity contribution is 5.91. The van der Waals surface area contributed by atoms with Crippen LogP contribution in [0.5, 0.6) is 0 Å². The van der Waals surface area contributed by atoms with Crippen LogP contribution >= 0.6 is 0 Å². The zero-order valence-electron chi connectivity index (χ0n) is 15.6. The number of aryl methyl sites for hydroxylation is 1. The summed E-state index contributed by atoms with van der Waals surface area (Å²) in [6.45, 7) is 7.12. The van der Waals surface area contributed by atoms with Crippen LogP contribution in [0.25, 0.3) is 22.2 Å². The highest BCUT2D eigenvalue weighted by Crippen LogP contribution is 2.34. The van der Waals surface area contributed by atoms with Crippen molar-refractivity contribution in [3.05, 3.63) is 59.2 Å². The molecule has 4 heteroatoms. The van der Waals surface area contributed by atoms with Crippen LogP contribution in [0.15, 0.2) is 36.4 Å². The van der Waals surface area contributed by atoms with Crippen molar-refractivity contribution in [2.24, 2.45) is 5.73 Å². The minimum Gasteiger partial charge on any atom is -0.352 e. The Morgan fingerprint density at radius 3 is 2.31 bits per heavy atom. The Bertz CT molecular complexity index is 903. The molecule has 0 amide bonds. The average Bonchev–Trinajstić information content (AvgIpc) is 2.93. The van der Waals surface area contributed by atoms with Crippen LogP contribution in [-0.2, 0) is 11.8 Å². The van der Waals surface area contributed by atoms with Crippen LogP contribution in [0.4, 0.5) is 8.78 Å². The van der Waals surface area contributed by atoms with Gasteiger partial charge in [0, 0.05) is 17.1 Å². The van der Waals surface area contributed by atoms with Gasteiger partial charge in [-0.3, -0.25) is 0 Å².